The van der Waals surface area contributed by atoms with Crippen molar-refractivity contribution < 1.29 is 14.3 Å². The van der Waals surface area contributed by atoms with E-state index in [9.17, 15) is 9.59 Å². The van der Waals surface area contributed by atoms with E-state index in [0.29, 0.717) is 42.7 Å². The van der Waals surface area contributed by atoms with Crippen LogP contribution in [0.3, 0.4) is 0 Å². The van der Waals surface area contributed by atoms with Crippen LogP contribution in [0.15, 0.2) is 30.5 Å². The molecule has 0 aliphatic carbocycles. The second-order valence-corrected chi connectivity index (χ2v) is 8.55. The summed E-state index contributed by atoms with van der Waals surface area (Å²) in [5.74, 6) is 1.96. The number of benzene rings is 1. The monoisotopic (exact) mass is 406 g/mol. The van der Waals surface area contributed by atoms with E-state index in [1.54, 1.807) is 11.1 Å². The Balaban J connectivity index is 1.42. The fourth-order valence-corrected chi connectivity index (χ4v) is 4.64. The minimum atomic E-state index is 0.0247. The van der Waals surface area contributed by atoms with Gasteiger partial charge in [-0.15, -0.1) is 0 Å². The summed E-state index contributed by atoms with van der Waals surface area (Å²) < 4.78 is 5.86. The summed E-state index contributed by atoms with van der Waals surface area (Å²) in [5, 5.41) is 0. The first-order valence-corrected chi connectivity index (χ1v) is 10.6. The highest BCUT2D eigenvalue weighted by atomic mass is 16.5. The van der Waals surface area contributed by atoms with E-state index in [-0.39, 0.29) is 11.8 Å². The van der Waals surface area contributed by atoms with Crippen LogP contribution in [0.2, 0.25) is 0 Å². The van der Waals surface area contributed by atoms with Gasteiger partial charge in [-0.05, 0) is 48.6 Å². The highest BCUT2D eigenvalue weighted by Gasteiger charge is 2.29. The minimum Gasteiger partial charge on any atom is -0.488 e. The number of hydrogen-bond donors (Lipinski definition) is 0. The van der Waals surface area contributed by atoms with Gasteiger partial charge in [0.15, 0.2) is 11.6 Å². The third-order valence-electron chi connectivity index (χ3n) is 6.24. The van der Waals surface area contributed by atoms with Crippen molar-refractivity contribution in [1.29, 1.82) is 0 Å². The number of rotatable bonds is 2. The van der Waals surface area contributed by atoms with Crippen LogP contribution in [0.1, 0.15) is 46.0 Å². The quantitative estimate of drug-likeness (QED) is 0.767. The predicted molar refractivity (Wildman–Crippen MR) is 113 cm³/mol. The van der Waals surface area contributed by atoms with Gasteiger partial charge in [0.05, 0.1) is 12.1 Å². The Morgan fingerprint density at radius 1 is 1.23 bits per heavy atom. The summed E-state index contributed by atoms with van der Waals surface area (Å²) in [6.07, 6.45) is 3.88. The number of hydrogen-bond acceptors (Lipinski definition) is 5. The summed E-state index contributed by atoms with van der Waals surface area (Å²) in [6.45, 7) is 5.59. The molecule has 156 valence electrons. The molecule has 0 bridgehead atoms. The molecule has 7 heteroatoms. The molecule has 1 saturated heterocycles. The highest BCUT2D eigenvalue weighted by molar-refractivity contribution is 5.99. The first kappa shape index (κ1) is 18.9. The first-order valence-electron chi connectivity index (χ1n) is 10.6. The molecule has 0 spiro atoms. The van der Waals surface area contributed by atoms with Crippen molar-refractivity contribution in [3.8, 4) is 5.75 Å². The van der Waals surface area contributed by atoms with E-state index >= 15 is 0 Å². The predicted octanol–water partition coefficient (Wildman–Crippen LogP) is 3.07. The molecule has 3 aliphatic heterocycles. The molecule has 1 atom stereocenters. The standard InChI is InChI=1S/C23H26N4O3/c1-15-4-3-7-26(13-15)22(28)16-11-20-21(24-12-16)27(8-9-30-20)18-5-6-19-17(10-18)14-25(2)23(19)29/h5-6,10-12,15H,3-4,7-9,13-14H2,1-2H3/t15-/m1/s1. The van der Waals surface area contributed by atoms with Gasteiger partial charge in [0.25, 0.3) is 11.8 Å². The van der Waals surface area contributed by atoms with E-state index < -0.39 is 0 Å². The van der Waals surface area contributed by atoms with Gasteiger partial charge < -0.3 is 19.4 Å². The first-order chi connectivity index (χ1) is 14.5. The number of carbonyl (C=O) groups is 2. The number of pyridine rings is 1. The zero-order chi connectivity index (χ0) is 20.8. The largest absolute Gasteiger partial charge is 0.488 e. The van der Waals surface area contributed by atoms with Crippen LogP contribution >= 0.6 is 0 Å². The third-order valence-corrected chi connectivity index (χ3v) is 6.24. The summed E-state index contributed by atoms with van der Waals surface area (Å²) in [6, 6.07) is 7.73. The maximum Gasteiger partial charge on any atom is 0.255 e. The average molecular weight is 406 g/mol. The molecule has 1 fully saturated rings. The van der Waals surface area contributed by atoms with Gasteiger partial charge in [-0.2, -0.15) is 0 Å². The fourth-order valence-electron chi connectivity index (χ4n) is 4.64. The second-order valence-electron chi connectivity index (χ2n) is 8.55. The molecule has 1 aromatic heterocycles. The summed E-state index contributed by atoms with van der Waals surface area (Å²) in [7, 11) is 1.81. The number of amides is 2. The molecular formula is C23H26N4O3. The van der Waals surface area contributed by atoms with Gasteiger partial charge >= 0.3 is 0 Å². The lowest BCUT2D eigenvalue weighted by atomic mass is 10.00. The Bertz CT molecular complexity index is 1020. The maximum atomic E-state index is 13.0. The number of piperidine rings is 1. The van der Waals surface area contributed by atoms with Gasteiger partial charge in [-0.25, -0.2) is 4.98 Å². The van der Waals surface area contributed by atoms with Gasteiger partial charge in [-0.1, -0.05) is 6.92 Å². The lowest BCUT2D eigenvalue weighted by Gasteiger charge is -2.32. The van der Waals surface area contributed by atoms with Crippen molar-refractivity contribution in [2.45, 2.75) is 26.3 Å². The average Bonchev–Trinajstić information content (AvgIpc) is 3.05. The van der Waals surface area contributed by atoms with E-state index in [4.69, 9.17) is 4.74 Å². The zero-order valence-electron chi connectivity index (χ0n) is 17.4. The number of likely N-dealkylation sites (tertiary alicyclic amines) is 1. The van der Waals surface area contributed by atoms with Gasteiger partial charge in [0.1, 0.15) is 6.61 Å². The molecule has 7 nitrogen and oxygen atoms in total. The lowest BCUT2D eigenvalue weighted by molar-refractivity contribution is 0.0681. The molecule has 5 rings (SSSR count). The van der Waals surface area contributed by atoms with Crippen LogP contribution in [0.4, 0.5) is 11.5 Å². The Labute approximate surface area is 176 Å². The van der Waals surface area contributed by atoms with Crippen LogP contribution in [0.5, 0.6) is 5.75 Å². The molecule has 30 heavy (non-hydrogen) atoms. The molecule has 3 aliphatic rings. The smallest absolute Gasteiger partial charge is 0.255 e. The van der Waals surface area contributed by atoms with Gasteiger partial charge in [0.2, 0.25) is 0 Å². The number of anilines is 2. The zero-order valence-corrected chi connectivity index (χ0v) is 17.4. The Morgan fingerprint density at radius 2 is 2.10 bits per heavy atom. The molecule has 2 amide bonds. The van der Waals surface area contributed by atoms with Crippen LogP contribution in [0.25, 0.3) is 0 Å². The van der Waals surface area contributed by atoms with Crippen molar-refractivity contribution >= 4 is 23.3 Å². The number of carbonyl (C=O) groups excluding carboxylic acids is 2. The molecular weight excluding hydrogens is 380 g/mol. The van der Waals surface area contributed by atoms with Crippen LogP contribution in [-0.2, 0) is 6.54 Å². The Hall–Kier alpha value is -3.09. The van der Waals surface area contributed by atoms with Crippen LogP contribution in [0, 0.1) is 5.92 Å². The van der Waals surface area contributed by atoms with E-state index in [1.807, 2.05) is 30.1 Å². The molecule has 0 unspecified atom stereocenters. The second kappa shape index (κ2) is 7.31. The number of fused-ring (bicyclic) bond motifs is 2. The SMILES string of the molecule is C[C@@H]1CCCN(C(=O)c2cnc3c(c2)OCCN3c2ccc3c(c2)CN(C)C3=O)C1. The summed E-state index contributed by atoms with van der Waals surface area (Å²) in [5.41, 5.74) is 3.35. The van der Waals surface area contributed by atoms with Gasteiger partial charge in [-0.3, -0.25) is 9.59 Å². The van der Waals surface area contributed by atoms with Crippen molar-refractivity contribution in [3.63, 3.8) is 0 Å². The maximum absolute atomic E-state index is 13.0. The normalized spacial score (nSPS) is 20.7. The summed E-state index contributed by atoms with van der Waals surface area (Å²) >= 11 is 0. The molecule has 0 N–H and O–H groups in total. The van der Waals surface area contributed by atoms with Crippen LogP contribution < -0.4 is 9.64 Å². The Kier molecular flexibility index (Phi) is 4.60. The van der Waals surface area contributed by atoms with Crippen LogP contribution in [-0.4, -0.2) is 59.9 Å². The van der Waals surface area contributed by atoms with Crippen molar-refractivity contribution in [3.05, 3.63) is 47.2 Å². The Morgan fingerprint density at radius 3 is 2.93 bits per heavy atom. The van der Waals surface area contributed by atoms with Gasteiger partial charge in [0, 0.05) is 44.1 Å². The van der Waals surface area contributed by atoms with E-state index in [1.165, 1.54) is 6.42 Å². The third kappa shape index (κ3) is 3.18. The van der Waals surface area contributed by atoms with Crippen molar-refractivity contribution in [2.24, 2.45) is 5.92 Å². The molecule has 2 aromatic rings. The number of aromatic nitrogens is 1. The minimum absolute atomic E-state index is 0.0247. The van der Waals surface area contributed by atoms with Crippen molar-refractivity contribution in [1.82, 2.24) is 14.8 Å². The van der Waals surface area contributed by atoms with E-state index in [2.05, 4.69) is 22.9 Å². The van der Waals surface area contributed by atoms with E-state index in [0.717, 1.165) is 36.3 Å². The lowest BCUT2D eigenvalue weighted by Crippen LogP contribution is -2.39. The molecule has 0 saturated carbocycles. The molecule has 1 aromatic carbocycles. The number of nitrogens with zero attached hydrogens (tertiary/aromatic N) is 4. The number of ether oxygens (including phenoxy) is 1. The topological polar surface area (TPSA) is 66.0 Å². The van der Waals surface area contributed by atoms with Crippen molar-refractivity contribution in [2.75, 3.05) is 38.2 Å². The molecule has 4 heterocycles. The molecule has 0 radical (unpaired) electrons. The summed E-state index contributed by atoms with van der Waals surface area (Å²) in [4.78, 5) is 35.5. The highest BCUT2D eigenvalue weighted by Crippen LogP contribution is 2.37. The fraction of sp³-hybridized carbons (Fsp3) is 0.435.